The molecule has 0 spiro atoms. The predicted molar refractivity (Wildman–Crippen MR) is 113 cm³/mol. The van der Waals surface area contributed by atoms with Gasteiger partial charge in [0.1, 0.15) is 5.75 Å². The molecule has 0 saturated carbocycles. The molecule has 2 aromatic heterocycles. The number of tetrazole rings is 1. The van der Waals surface area contributed by atoms with E-state index in [4.69, 9.17) is 4.74 Å². The van der Waals surface area contributed by atoms with Gasteiger partial charge in [-0.2, -0.15) is 4.68 Å². The van der Waals surface area contributed by atoms with Crippen LogP contribution in [-0.2, 0) is 12.0 Å². The van der Waals surface area contributed by atoms with Crippen LogP contribution in [0.25, 0.3) is 16.6 Å². The number of benzene rings is 2. The zero-order valence-electron chi connectivity index (χ0n) is 17.0. The highest BCUT2D eigenvalue weighted by Gasteiger charge is 2.31. The molecule has 0 aliphatic rings. The number of methoxy groups -OCH3 is 1. The molecule has 0 saturated heterocycles. The molecule has 150 valence electrons. The Morgan fingerprint density at radius 2 is 1.93 bits per heavy atom. The molecule has 1 atom stereocenters. The van der Waals surface area contributed by atoms with Crippen LogP contribution in [0, 0.1) is 0 Å². The van der Waals surface area contributed by atoms with Crippen molar-refractivity contribution in [1.29, 1.82) is 0 Å². The first-order valence-electron chi connectivity index (χ1n) is 9.88. The van der Waals surface area contributed by atoms with Crippen LogP contribution in [0.15, 0.2) is 54.7 Å². The van der Waals surface area contributed by atoms with Gasteiger partial charge >= 0.3 is 0 Å². The van der Waals surface area contributed by atoms with E-state index in [-0.39, 0.29) is 5.54 Å². The molecule has 1 unspecified atom stereocenters. The van der Waals surface area contributed by atoms with Crippen LogP contribution in [0.2, 0.25) is 0 Å². The number of nitrogens with zero attached hydrogens (tertiary/aromatic N) is 4. The molecular weight excluding hydrogens is 364 g/mol. The topological polar surface area (TPSA) is 80.7 Å². The van der Waals surface area contributed by atoms with Crippen molar-refractivity contribution in [1.82, 2.24) is 30.5 Å². The van der Waals surface area contributed by atoms with Gasteiger partial charge in [-0.05, 0) is 66.1 Å². The first-order valence-corrected chi connectivity index (χ1v) is 9.88. The summed E-state index contributed by atoms with van der Waals surface area (Å²) in [6.45, 7) is 5.11. The summed E-state index contributed by atoms with van der Waals surface area (Å²) >= 11 is 0. The van der Waals surface area contributed by atoms with E-state index in [2.05, 4.69) is 64.1 Å². The fraction of sp³-hybridized carbons (Fsp3) is 0.318. The molecule has 7 heteroatoms. The van der Waals surface area contributed by atoms with E-state index in [1.54, 1.807) is 11.8 Å². The second-order valence-corrected chi connectivity index (χ2v) is 7.33. The molecule has 7 nitrogen and oxygen atoms in total. The lowest BCUT2D eigenvalue weighted by Crippen LogP contribution is -2.42. The van der Waals surface area contributed by atoms with Crippen LogP contribution in [0.5, 0.6) is 5.75 Å². The van der Waals surface area contributed by atoms with E-state index in [1.165, 1.54) is 16.5 Å². The predicted octanol–water partition coefficient (Wildman–Crippen LogP) is 3.61. The van der Waals surface area contributed by atoms with Crippen LogP contribution in [0.3, 0.4) is 0 Å². The minimum absolute atomic E-state index is 0.352. The molecule has 0 bridgehead atoms. The Kier molecular flexibility index (Phi) is 5.31. The standard InChI is InChI=1S/C22H26N6O/c1-4-22(2,24-14-13-16-15-23-20-8-6-5-7-19(16)20)21-25-26-27-28(21)17-9-11-18(29-3)12-10-17/h5-12,15,23-24H,4,13-14H2,1-3H3. The maximum Gasteiger partial charge on any atom is 0.176 e. The Labute approximate surface area is 170 Å². The number of nitrogens with one attached hydrogen (secondary N) is 2. The van der Waals surface area contributed by atoms with Crippen LogP contribution < -0.4 is 10.1 Å². The van der Waals surface area contributed by atoms with E-state index >= 15 is 0 Å². The van der Waals surface area contributed by atoms with Gasteiger partial charge in [-0.15, -0.1) is 5.10 Å². The third-order valence-electron chi connectivity index (χ3n) is 5.57. The highest BCUT2D eigenvalue weighted by molar-refractivity contribution is 5.83. The summed E-state index contributed by atoms with van der Waals surface area (Å²) in [6.07, 6.45) is 3.87. The summed E-state index contributed by atoms with van der Waals surface area (Å²) in [5.41, 5.74) is 3.03. The summed E-state index contributed by atoms with van der Waals surface area (Å²) in [5.74, 6) is 1.60. The smallest absolute Gasteiger partial charge is 0.176 e. The molecule has 2 N–H and O–H groups in total. The van der Waals surface area contributed by atoms with Gasteiger partial charge in [-0.1, -0.05) is 25.1 Å². The molecule has 2 heterocycles. The molecule has 0 radical (unpaired) electrons. The average Bonchev–Trinajstić information content (AvgIpc) is 3.42. The van der Waals surface area contributed by atoms with Gasteiger partial charge < -0.3 is 15.0 Å². The van der Waals surface area contributed by atoms with Gasteiger partial charge in [0.05, 0.1) is 18.3 Å². The van der Waals surface area contributed by atoms with Crippen molar-refractivity contribution in [2.75, 3.05) is 13.7 Å². The van der Waals surface area contributed by atoms with Crippen LogP contribution in [0.1, 0.15) is 31.7 Å². The highest BCUT2D eigenvalue weighted by Crippen LogP contribution is 2.25. The lowest BCUT2D eigenvalue weighted by molar-refractivity contribution is 0.329. The van der Waals surface area contributed by atoms with E-state index in [9.17, 15) is 0 Å². The number of H-pyrrole nitrogens is 1. The minimum atomic E-state index is -0.352. The van der Waals surface area contributed by atoms with Crippen molar-refractivity contribution in [2.45, 2.75) is 32.2 Å². The Bertz CT molecular complexity index is 1080. The molecule has 4 rings (SSSR count). The zero-order valence-corrected chi connectivity index (χ0v) is 17.0. The van der Waals surface area contributed by atoms with Crippen molar-refractivity contribution < 1.29 is 4.74 Å². The quantitative estimate of drug-likeness (QED) is 0.480. The largest absolute Gasteiger partial charge is 0.497 e. The molecule has 29 heavy (non-hydrogen) atoms. The number of rotatable bonds is 8. The molecule has 2 aromatic carbocycles. The average molecular weight is 390 g/mol. The van der Waals surface area contributed by atoms with Crippen molar-refractivity contribution in [3.63, 3.8) is 0 Å². The Morgan fingerprint density at radius 3 is 2.69 bits per heavy atom. The first-order chi connectivity index (χ1) is 14.1. The maximum absolute atomic E-state index is 5.25. The summed E-state index contributed by atoms with van der Waals surface area (Å²) in [7, 11) is 1.66. The van der Waals surface area contributed by atoms with Crippen LogP contribution >= 0.6 is 0 Å². The van der Waals surface area contributed by atoms with Gasteiger partial charge in [0.25, 0.3) is 0 Å². The molecule has 0 amide bonds. The fourth-order valence-electron chi connectivity index (χ4n) is 3.60. The van der Waals surface area contributed by atoms with Gasteiger partial charge in [-0.25, -0.2) is 0 Å². The minimum Gasteiger partial charge on any atom is -0.497 e. The Morgan fingerprint density at radius 1 is 1.14 bits per heavy atom. The van der Waals surface area contributed by atoms with Crippen molar-refractivity contribution >= 4 is 10.9 Å². The van der Waals surface area contributed by atoms with Crippen molar-refractivity contribution in [2.24, 2.45) is 0 Å². The normalized spacial score (nSPS) is 13.5. The second kappa shape index (κ2) is 8.05. The van der Waals surface area contributed by atoms with Gasteiger partial charge in [0.2, 0.25) is 0 Å². The summed E-state index contributed by atoms with van der Waals surface area (Å²) < 4.78 is 7.04. The lowest BCUT2D eigenvalue weighted by atomic mass is 9.97. The molecule has 4 aromatic rings. The van der Waals surface area contributed by atoms with Gasteiger partial charge in [0.15, 0.2) is 5.82 Å². The zero-order chi connectivity index (χ0) is 20.3. The summed E-state index contributed by atoms with van der Waals surface area (Å²) in [5, 5.41) is 17.5. The number of aromatic amines is 1. The van der Waals surface area contributed by atoms with Crippen LogP contribution in [0.4, 0.5) is 0 Å². The third-order valence-corrected chi connectivity index (χ3v) is 5.57. The van der Waals surface area contributed by atoms with E-state index in [0.717, 1.165) is 36.6 Å². The van der Waals surface area contributed by atoms with Gasteiger partial charge in [-0.3, -0.25) is 0 Å². The summed E-state index contributed by atoms with van der Waals surface area (Å²) in [4.78, 5) is 3.34. The number of fused-ring (bicyclic) bond motifs is 1. The number of hydrogen-bond acceptors (Lipinski definition) is 5. The molecular formula is C22H26N6O. The second-order valence-electron chi connectivity index (χ2n) is 7.33. The summed E-state index contributed by atoms with van der Waals surface area (Å²) in [6, 6.07) is 16.1. The monoisotopic (exact) mass is 390 g/mol. The maximum atomic E-state index is 5.25. The fourth-order valence-corrected chi connectivity index (χ4v) is 3.60. The molecule has 0 aliphatic heterocycles. The molecule has 0 aliphatic carbocycles. The Hall–Kier alpha value is -3.19. The number of ether oxygens (including phenoxy) is 1. The van der Waals surface area contributed by atoms with Crippen LogP contribution in [-0.4, -0.2) is 38.8 Å². The lowest BCUT2D eigenvalue weighted by Gasteiger charge is -2.28. The van der Waals surface area contributed by atoms with Crippen molar-refractivity contribution in [3.05, 3.63) is 66.1 Å². The van der Waals surface area contributed by atoms with E-state index < -0.39 is 0 Å². The van der Waals surface area contributed by atoms with Crippen molar-refractivity contribution in [3.8, 4) is 11.4 Å². The first kappa shape index (κ1) is 19.1. The third kappa shape index (κ3) is 3.73. The SMILES string of the molecule is CCC(C)(NCCc1c[nH]c2ccccc12)c1nnnn1-c1ccc(OC)cc1. The molecule has 0 fully saturated rings. The number of para-hydroxylation sites is 1. The van der Waals surface area contributed by atoms with Gasteiger partial charge in [0, 0.05) is 23.6 Å². The number of hydrogen-bond donors (Lipinski definition) is 2. The van der Waals surface area contributed by atoms with E-state index in [0.29, 0.717) is 0 Å². The Balaban J connectivity index is 1.52. The number of aromatic nitrogens is 5. The highest BCUT2D eigenvalue weighted by atomic mass is 16.5. The van der Waals surface area contributed by atoms with E-state index in [1.807, 2.05) is 30.3 Å².